The van der Waals surface area contributed by atoms with Gasteiger partial charge in [-0.3, -0.25) is 37.3 Å². The van der Waals surface area contributed by atoms with E-state index in [9.17, 15) is 43.2 Å². The van der Waals surface area contributed by atoms with Gasteiger partial charge in [-0.25, -0.2) is 9.13 Å². The van der Waals surface area contributed by atoms with Gasteiger partial charge in [-0.1, -0.05) is 292 Å². The fourth-order valence-electron chi connectivity index (χ4n) is 10.2. The Morgan fingerprint density at radius 3 is 0.874 bits per heavy atom. The quantitative estimate of drug-likeness (QED) is 0.0222. The Kier molecular flexibility index (Phi) is 59.0. The molecule has 3 N–H and O–H groups in total. The summed E-state index contributed by atoms with van der Waals surface area (Å²) < 4.78 is 68.2. The zero-order valence-electron chi connectivity index (χ0n) is 56.3. The Morgan fingerprint density at radius 2 is 0.586 bits per heavy atom. The van der Waals surface area contributed by atoms with Crippen LogP contribution < -0.4 is 0 Å². The molecule has 0 aliphatic heterocycles. The number of phosphoric ester groups is 2. The summed E-state index contributed by atoms with van der Waals surface area (Å²) in [7, 11) is -9.90. The predicted octanol–water partition coefficient (Wildman–Crippen LogP) is 19.2. The van der Waals surface area contributed by atoms with Gasteiger partial charge in [0, 0.05) is 25.7 Å². The van der Waals surface area contributed by atoms with E-state index in [1.54, 1.807) is 0 Å². The van der Waals surface area contributed by atoms with Gasteiger partial charge in [0.2, 0.25) is 0 Å². The summed E-state index contributed by atoms with van der Waals surface area (Å²) in [4.78, 5) is 72.4. The molecular weight excluding hydrogens is 1150 g/mol. The third-order valence-electron chi connectivity index (χ3n) is 16.1. The van der Waals surface area contributed by atoms with Crippen molar-refractivity contribution in [2.45, 2.75) is 362 Å². The van der Waals surface area contributed by atoms with Crippen LogP contribution >= 0.6 is 15.6 Å². The van der Waals surface area contributed by atoms with Crippen molar-refractivity contribution in [2.75, 3.05) is 39.6 Å². The van der Waals surface area contributed by atoms with Crippen LogP contribution in [0, 0.1) is 11.8 Å². The maximum Gasteiger partial charge on any atom is 0.472 e. The SMILES string of the molecule is CCCCCCCCCCCCCCCCC(=O)O[C@H](COC(=O)CCCCCCCCCCCC(C)C)COP(=O)(O)OC[C@@H](O)COP(=O)(O)OC[C@@H](COC(=O)CCCCCCCCC(C)CC)OC(=O)CCCCCCCCCCCCC. The fourth-order valence-corrected chi connectivity index (χ4v) is 11.8. The number of ether oxygens (including phenoxy) is 4. The molecule has 0 saturated carbocycles. The van der Waals surface area contributed by atoms with E-state index in [-0.39, 0.29) is 25.7 Å². The molecule has 0 amide bonds. The van der Waals surface area contributed by atoms with Crippen LogP contribution in [0.25, 0.3) is 0 Å². The lowest BCUT2D eigenvalue weighted by molar-refractivity contribution is -0.161. The van der Waals surface area contributed by atoms with Crippen LogP contribution in [0.5, 0.6) is 0 Å². The van der Waals surface area contributed by atoms with Gasteiger partial charge in [-0.05, 0) is 37.5 Å². The average molecular weight is 1280 g/mol. The molecule has 0 heterocycles. The van der Waals surface area contributed by atoms with E-state index in [1.807, 2.05) is 0 Å². The van der Waals surface area contributed by atoms with Gasteiger partial charge < -0.3 is 33.8 Å². The summed E-state index contributed by atoms with van der Waals surface area (Å²) in [6, 6.07) is 0. The van der Waals surface area contributed by atoms with Gasteiger partial charge in [0.25, 0.3) is 0 Å². The summed E-state index contributed by atoms with van der Waals surface area (Å²) in [6.07, 6.45) is 44.3. The molecule has 0 aromatic rings. The Bertz CT molecular complexity index is 1700. The highest BCUT2D eigenvalue weighted by Crippen LogP contribution is 2.45. The maximum atomic E-state index is 13.0. The number of carbonyl (C=O) groups is 4. The smallest absolute Gasteiger partial charge is 0.462 e. The van der Waals surface area contributed by atoms with Crippen molar-refractivity contribution >= 4 is 39.5 Å². The van der Waals surface area contributed by atoms with E-state index in [1.165, 1.54) is 154 Å². The topological polar surface area (TPSA) is 237 Å². The van der Waals surface area contributed by atoms with Crippen LogP contribution in [0.4, 0.5) is 0 Å². The van der Waals surface area contributed by atoms with Crippen molar-refractivity contribution in [3.63, 3.8) is 0 Å². The molecule has 0 radical (unpaired) electrons. The minimum absolute atomic E-state index is 0.106. The molecule has 3 unspecified atom stereocenters. The molecule has 0 rings (SSSR count). The monoisotopic (exact) mass is 1280 g/mol. The summed E-state index contributed by atoms with van der Waals surface area (Å²) in [5.41, 5.74) is 0. The Labute approximate surface area is 530 Å². The van der Waals surface area contributed by atoms with E-state index in [0.29, 0.717) is 25.7 Å². The van der Waals surface area contributed by atoms with Crippen molar-refractivity contribution in [2.24, 2.45) is 11.8 Å². The van der Waals surface area contributed by atoms with Gasteiger partial charge in [0.1, 0.15) is 19.3 Å². The zero-order chi connectivity index (χ0) is 64.3. The van der Waals surface area contributed by atoms with Crippen molar-refractivity contribution in [1.29, 1.82) is 0 Å². The first kappa shape index (κ1) is 85.1. The number of hydrogen-bond acceptors (Lipinski definition) is 15. The van der Waals surface area contributed by atoms with E-state index >= 15 is 0 Å². The molecule has 6 atom stereocenters. The lowest BCUT2D eigenvalue weighted by Crippen LogP contribution is -2.30. The Balaban J connectivity index is 5.25. The second kappa shape index (κ2) is 60.3. The van der Waals surface area contributed by atoms with Crippen molar-refractivity contribution < 1.29 is 80.2 Å². The van der Waals surface area contributed by atoms with Crippen LogP contribution in [0.15, 0.2) is 0 Å². The molecule has 0 fully saturated rings. The molecule has 0 aromatic heterocycles. The summed E-state index contributed by atoms with van der Waals surface area (Å²) in [6.45, 7) is 9.47. The lowest BCUT2D eigenvalue weighted by atomic mass is 10.00. The van der Waals surface area contributed by atoms with Crippen molar-refractivity contribution in [1.82, 2.24) is 0 Å². The third kappa shape index (κ3) is 61.3. The molecule has 17 nitrogen and oxygen atoms in total. The Hall–Kier alpha value is -1.94. The van der Waals surface area contributed by atoms with Crippen molar-refractivity contribution in [3.05, 3.63) is 0 Å². The third-order valence-corrected chi connectivity index (χ3v) is 18.0. The zero-order valence-corrected chi connectivity index (χ0v) is 58.1. The van der Waals surface area contributed by atoms with Crippen molar-refractivity contribution in [3.8, 4) is 0 Å². The minimum atomic E-state index is -4.95. The first-order valence-electron chi connectivity index (χ1n) is 35.5. The molecule has 0 aromatic carbocycles. The van der Waals surface area contributed by atoms with Gasteiger partial charge in [-0.15, -0.1) is 0 Å². The maximum absolute atomic E-state index is 13.0. The highest BCUT2D eigenvalue weighted by molar-refractivity contribution is 7.47. The lowest BCUT2D eigenvalue weighted by Gasteiger charge is -2.21. The number of unbranched alkanes of at least 4 members (excludes halogenated alkanes) is 36. The minimum Gasteiger partial charge on any atom is -0.462 e. The first-order valence-corrected chi connectivity index (χ1v) is 38.5. The molecular formula is C68H132O17P2. The van der Waals surface area contributed by atoms with Gasteiger partial charge >= 0.3 is 39.5 Å². The van der Waals surface area contributed by atoms with Gasteiger partial charge in [0.05, 0.1) is 26.4 Å². The van der Waals surface area contributed by atoms with E-state index in [2.05, 4.69) is 41.5 Å². The largest absolute Gasteiger partial charge is 0.472 e. The van der Waals surface area contributed by atoms with E-state index < -0.39 is 97.5 Å². The second-order valence-electron chi connectivity index (χ2n) is 25.3. The molecule has 19 heteroatoms. The molecule has 0 aliphatic carbocycles. The first-order chi connectivity index (χ1) is 41.9. The number of aliphatic hydroxyl groups excluding tert-OH is 1. The van der Waals surface area contributed by atoms with Crippen LogP contribution in [-0.2, 0) is 65.4 Å². The number of carbonyl (C=O) groups excluding carboxylic acids is 4. The van der Waals surface area contributed by atoms with Gasteiger partial charge in [-0.2, -0.15) is 0 Å². The number of phosphoric acid groups is 2. The standard InChI is InChI=1S/C68H132O17P2/c1-7-10-12-14-16-18-20-21-22-24-28-33-41-47-53-68(73)84-63(56-78-65(70)50-44-38-31-29-25-26-30-36-42-48-60(4)5)58-82-86(74,75)80-54-62(69)55-81-87(76,77)83-59-64(57-79-66(71)51-45-39-35-34-37-43-49-61(6)9-3)85-67(72)52-46-40-32-27-23-19-17-15-13-11-8-2/h60-64,69H,7-59H2,1-6H3,(H,74,75)(H,76,77)/t61?,62-,63-,64-/m1/s1. The second-order valence-corrected chi connectivity index (χ2v) is 28.2. The molecule has 0 bridgehead atoms. The van der Waals surface area contributed by atoms with Crippen LogP contribution in [0.1, 0.15) is 343 Å². The van der Waals surface area contributed by atoms with E-state index in [4.69, 9.17) is 37.0 Å². The van der Waals surface area contributed by atoms with E-state index in [0.717, 1.165) is 108 Å². The van der Waals surface area contributed by atoms with Gasteiger partial charge in [0.15, 0.2) is 12.2 Å². The Morgan fingerprint density at radius 1 is 0.333 bits per heavy atom. The highest BCUT2D eigenvalue weighted by Gasteiger charge is 2.30. The summed E-state index contributed by atoms with van der Waals surface area (Å²) in [5, 5.41) is 10.6. The highest BCUT2D eigenvalue weighted by atomic mass is 31.2. The van der Waals surface area contributed by atoms with Crippen LogP contribution in [0.2, 0.25) is 0 Å². The fraction of sp³-hybridized carbons (Fsp3) is 0.941. The molecule has 0 saturated heterocycles. The summed E-state index contributed by atoms with van der Waals surface area (Å²) in [5.74, 6) is -0.651. The predicted molar refractivity (Wildman–Crippen MR) is 349 cm³/mol. The number of rotatable bonds is 67. The summed E-state index contributed by atoms with van der Waals surface area (Å²) >= 11 is 0. The molecule has 516 valence electrons. The molecule has 87 heavy (non-hydrogen) atoms. The number of esters is 4. The van der Waals surface area contributed by atoms with Crippen LogP contribution in [0.3, 0.4) is 0 Å². The molecule has 0 aliphatic rings. The number of aliphatic hydroxyl groups is 1. The average Bonchev–Trinajstić information content (AvgIpc) is 3.71. The number of hydrogen-bond donors (Lipinski definition) is 3. The molecule has 0 spiro atoms. The normalized spacial score (nSPS) is 14.5. The van der Waals surface area contributed by atoms with Crippen LogP contribution in [-0.4, -0.2) is 96.7 Å².